The molecule has 0 atom stereocenters. The maximum absolute atomic E-state index is 12.9. The number of halogens is 1. The molecule has 1 heterocycles. The Labute approximate surface area is 163 Å². The standard InChI is InChI=1S/C22H22ClNO3/c1-2-11-27-19-10-9-13(23)12-14(19)20-21-15(5-3-7-17(21)25)24-16-6-4-8-18(26)22(16)20/h2,9-10,12,20,24H,1,3-8,11H2. The molecule has 0 fully saturated rings. The van der Waals surface area contributed by atoms with Crippen LogP contribution in [0.1, 0.15) is 50.0 Å². The number of allylic oxidation sites excluding steroid dienone is 4. The van der Waals surface area contributed by atoms with Crippen LogP contribution in [0.4, 0.5) is 0 Å². The molecule has 1 aromatic rings. The fourth-order valence-electron chi connectivity index (χ4n) is 4.32. The summed E-state index contributed by atoms with van der Waals surface area (Å²) in [7, 11) is 0. The molecule has 0 spiro atoms. The minimum atomic E-state index is -0.407. The number of nitrogens with one attached hydrogen (secondary N) is 1. The summed E-state index contributed by atoms with van der Waals surface area (Å²) in [5, 5.41) is 3.98. The molecule has 1 aromatic carbocycles. The number of carbonyl (C=O) groups excluding carboxylic acids is 2. The number of hydrogen-bond acceptors (Lipinski definition) is 4. The number of benzene rings is 1. The molecule has 27 heavy (non-hydrogen) atoms. The lowest BCUT2D eigenvalue weighted by Gasteiger charge is -2.37. The molecule has 0 bridgehead atoms. The van der Waals surface area contributed by atoms with Crippen LogP contribution in [0.2, 0.25) is 5.02 Å². The highest BCUT2D eigenvalue weighted by Gasteiger charge is 2.41. The highest BCUT2D eigenvalue weighted by molar-refractivity contribution is 6.30. The van der Waals surface area contributed by atoms with E-state index in [0.717, 1.165) is 42.6 Å². The largest absolute Gasteiger partial charge is 0.489 e. The number of rotatable bonds is 4. The van der Waals surface area contributed by atoms with Crippen molar-refractivity contribution in [3.05, 3.63) is 64.0 Å². The Morgan fingerprint density at radius 1 is 1.07 bits per heavy atom. The van der Waals surface area contributed by atoms with Crippen LogP contribution in [0.15, 0.2) is 53.4 Å². The molecule has 0 saturated heterocycles. The van der Waals surface area contributed by atoms with Crippen molar-refractivity contribution < 1.29 is 14.3 Å². The number of dihydropyridines is 1. The van der Waals surface area contributed by atoms with Gasteiger partial charge in [0.25, 0.3) is 0 Å². The third kappa shape index (κ3) is 3.23. The van der Waals surface area contributed by atoms with Crippen LogP contribution in [-0.2, 0) is 9.59 Å². The van der Waals surface area contributed by atoms with E-state index in [0.29, 0.717) is 41.4 Å². The highest BCUT2D eigenvalue weighted by atomic mass is 35.5. The van der Waals surface area contributed by atoms with E-state index in [1.54, 1.807) is 12.1 Å². The summed E-state index contributed by atoms with van der Waals surface area (Å²) in [5.41, 5.74) is 4.12. The summed E-state index contributed by atoms with van der Waals surface area (Å²) in [5.74, 6) is 0.443. The number of Topliss-reactive ketones (excluding diaryl/α,β-unsaturated/α-hetero) is 2. The van der Waals surface area contributed by atoms with Gasteiger partial charge in [0.1, 0.15) is 12.4 Å². The van der Waals surface area contributed by atoms with Crippen molar-refractivity contribution in [3.8, 4) is 5.75 Å². The van der Waals surface area contributed by atoms with Crippen molar-refractivity contribution in [2.24, 2.45) is 0 Å². The Kier molecular flexibility index (Phi) is 4.92. The van der Waals surface area contributed by atoms with Gasteiger partial charge in [0.05, 0.1) is 0 Å². The molecule has 0 saturated carbocycles. The second-order valence-electron chi connectivity index (χ2n) is 7.18. The van der Waals surface area contributed by atoms with Crippen molar-refractivity contribution in [1.29, 1.82) is 0 Å². The Bertz CT molecular complexity index is 855. The second-order valence-corrected chi connectivity index (χ2v) is 7.61. The van der Waals surface area contributed by atoms with E-state index in [1.165, 1.54) is 0 Å². The zero-order valence-corrected chi connectivity index (χ0v) is 15.9. The quantitative estimate of drug-likeness (QED) is 0.771. The van der Waals surface area contributed by atoms with Crippen molar-refractivity contribution in [2.45, 2.75) is 44.4 Å². The molecule has 0 aromatic heterocycles. The molecule has 4 nitrogen and oxygen atoms in total. The topological polar surface area (TPSA) is 55.4 Å². The molecular weight excluding hydrogens is 362 g/mol. The molecule has 0 radical (unpaired) electrons. The van der Waals surface area contributed by atoms with Crippen molar-refractivity contribution in [1.82, 2.24) is 5.32 Å². The lowest BCUT2D eigenvalue weighted by atomic mass is 9.71. The Morgan fingerprint density at radius 3 is 2.30 bits per heavy atom. The van der Waals surface area contributed by atoms with Gasteiger partial charge in [-0.2, -0.15) is 0 Å². The van der Waals surface area contributed by atoms with Gasteiger partial charge < -0.3 is 10.1 Å². The van der Waals surface area contributed by atoms with E-state index in [-0.39, 0.29) is 11.6 Å². The summed E-state index contributed by atoms with van der Waals surface area (Å²) >= 11 is 6.30. The first-order valence-corrected chi connectivity index (χ1v) is 9.80. The smallest absolute Gasteiger partial charge is 0.161 e. The zero-order valence-electron chi connectivity index (χ0n) is 15.1. The van der Waals surface area contributed by atoms with Crippen LogP contribution in [-0.4, -0.2) is 18.2 Å². The van der Waals surface area contributed by atoms with Crippen LogP contribution >= 0.6 is 11.6 Å². The summed E-state index contributed by atoms with van der Waals surface area (Å²) in [6.07, 6.45) is 6.02. The van der Waals surface area contributed by atoms with E-state index in [4.69, 9.17) is 16.3 Å². The highest BCUT2D eigenvalue weighted by Crippen LogP contribution is 2.47. The van der Waals surface area contributed by atoms with Crippen molar-refractivity contribution in [3.63, 3.8) is 0 Å². The predicted octanol–water partition coefficient (Wildman–Crippen LogP) is 4.61. The number of hydrogen-bond donors (Lipinski definition) is 1. The first kappa shape index (κ1) is 18.1. The SMILES string of the molecule is C=CCOc1ccc(Cl)cc1C1C2=C(CCCC2=O)NC2=C1C(=O)CCC2. The third-order valence-electron chi connectivity index (χ3n) is 5.43. The van der Waals surface area contributed by atoms with E-state index in [9.17, 15) is 9.59 Å². The van der Waals surface area contributed by atoms with Crippen molar-refractivity contribution in [2.75, 3.05) is 6.61 Å². The van der Waals surface area contributed by atoms with E-state index in [2.05, 4.69) is 11.9 Å². The van der Waals surface area contributed by atoms with E-state index < -0.39 is 5.92 Å². The first-order valence-electron chi connectivity index (χ1n) is 9.42. The van der Waals surface area contributed by atoms with Gasteiger partial charge in [0, 0.05) is 51.9 Å². The molecular formula is C22H22ClNO3. The van der Waals surface area contributed by atoms with Crippen molar-refractivity contribution >= 4 is 23.2 Å². The monoisotopic (exact) mass is 383 g/mol. The van der Waals surface area contributed by atoms with Gasteiger partial charge in [-0.3, -0.25) is 9.59 Å². The van der Waals surface area contributed by atoms with Gasteiger partial charge >= 0.3 is 0 Å². The Morgan fingerprint density at radius 2 is 1.70 bits per heavy atom. The molecule has 140 valence electrons. The minimum Gasteiger partial charge on any atom is -0.489 e. The Hall–Kier alpha value is -2.33. The fraction of sp³-hybridized carbons (Fsp3) is 0.364. The zero-order chi connectivity index (χ0) is 19.0. The molecule has 5 heteroatoms. The van der Waals surface area contributed by atoms with E-state index in [1.807, 2.05) is 12.1 Å². The average Bonchev–Trinajstić information content (AvgIpc) is 2.66. The molecule has 0 unspecified atom stereocenters. The maximum atomic E-state index is 12.9. The van der Waals surface area contributed by atoms with Crippen LogP contribution in [0.5, 0.6) is 5.75 Å². The molecule has 1 aliphatic heterocycles. The van der Waals surface area contributed by atoms with Gasteiger partial charge in [0.15, 0.2) is 11.6 Å². The summed E-state index contributed by atoms with van der Waals surface area (Å²) in [4.78, 5) is 25.8. The number of ketones is 2. The minimum absolute atomic E-state index is 0.105. The van der Waals surface area contributed by atoms with Gasteiger partial charge in [-0.05, 0) is 43.9 Å². The first-order chi connectivity index (χ1) is 13.1. The fourth-order valence-corrected chi connectivity index (χ4v) is 4.50. The van der Waals surface area contributed by atoms with Crippen LogP contribution in [0, 0.1) is 0 Å². The van der Waals surface area contributed by atoms with Gasteiger partial charge in [-0.15, -0.1) is 0 Å². The van der Waals surface area contributed by atoms with Crippen LogP contribution in [0.3, 0.4) is 0 Å². The third-order valence-corrected chi connectivity index (χ3v) is 5.67. The lowest BCUT2D eigenvalue weighted by molar-refractivity contribution is -0.116. The second kappa shape index (κ2) is 7.35. The average molecular weight is 384 g/mol. The van der Waals surface area contributed by atoms with E-state index >= 15 is 0 Å². The lowest BCUT2D eigenvalue weighted by Crippen LogP contribution is -2.36. The Balaban J connectivity index is 1.92. The predicted molar refractivity (Wildman–Crippen MR) is 105 cm³/mol. The molecule has 2 aliphatic carbocycles. The summed E-state index contributed by atoms with van der Waals surface area (Å²) in [6.45, 7) is 4.05. The van der Waals surface area contributed by atoms with Gasteiger partial charge in [-0.1, -0.05) is 24.3 Å². The van der Waals surface area contributed by atoms with Crippen LogP contribution in [0.25, 0.3) is 0 Å². The van der Waals surface area contributed by atoms with Gasteiger partial charge in [0.2, 0.25) is 0 Å². The van der Waals surface area contributed by atoms with Gasteiger partial charge in [-0.25, -0.2) is 0 Å². The molecule has 0 amide bonds. The van der Waals surface area contributed by atoms with Crippen LogP contribution < -0.4 is 10.1 Å². The summed E-state index contributed by atoms with van der Waals surface area (Å²) in [6, 6.07) is 5.40. The normalized spacial score (nSPS) is 20.2. The molecule has 1 N–H and O–H groups in total. The molecule has 4 rings (SSSR count). The maximum Gasteiger partial charge on any atom is 0.161 e. The summed E-state index contributed by atoms with van der Waals surface area (Å²) < 4.78 is 5.86. The number of carbonyl (C=O) groups is 2. The number of ether oxygens (including phenoxy) is 1. The molecule has 3 aliphatic rings.